The van der Waals surface area contributed by atoms with Gasteiger partial charge < -0.3 is 57.1 Å². The highest BCUT2D eigenvalue weighted by molar-refractivity contribution is 5.99. The smallest absolute Gasteiger partial charge is 0.245 e. The van der Waals surface area contributed by atoms with Crippen LogP contribution in [0, 0.1) is 5.92 Å². The van der Waals surface area contributed by atoms with Crippen LogP contribution >= 0.6 is 0 Å². The van der Waals surface area contributed by atoms with Crippen LogP contribution in [0.5, 0.6) is 0 Å². The largest absolute Gasteiger partial charge is 0.391 e. The Morgan fingerprint density at radius 3 is 1.64 bits per heavy atom. The SMILES string of the molecule is CC(C)CC1NC(=O)C(Cc2ccccc2)NC(=O)C(Cc2cnc[nH]2)NC(=O)C(C(C)O)NC(=O)CNC(=O)C(Cc2ccccc2)NC(=O)C2CCCN2C(=O)C(C)NC(=O)C2CCCN2C1=O. The van der Waals surface area contributed by atoms with Crippen molar-refractivity contribution in [2.24, 2.45) is 5.92 Å². The van der Waals surface area contributed by atoms with Gasteiger partial charge in [0.15, 0.2) is 0 Å². The second kappa shape index (κ2) is 24.4. The molecule has 9 unspecified atom stereocenters. The first kappa shape index (κ1) is 52.2. The number of nitrogens with zero attached hydrogens (tertiary/aromatic N) is 3. The molecule has 3 saturated heterocycles. The molecule has 0 aliphatic carbocycles. The molecular weight excluding hydrogens is 903 g/mol. The van der Waals surface area contributed by atoms with Crippen LogP contribution in [0.1, 0.15) is 76.6 Å². The van der Waals surface area contributed by atoms with Crippen molar-refractivity contribution in [1.29, 1.82) is 0 Å². The summed E-state index contributed by atoms with van der Waals surface area (Å²) in [7, 11) is 0. The molecule has 3 fully saturated rings. The number of aliphatic hydroxyl groups excluding tert-OH is 1. The van der Waals surface area contributed by atoms with Crippen LogP contribution in [-0.2, 0) is 62.4 Å². The van der Waals surface area contributed by atoms with Gasteiger partial charge in [0, 0.05) is 44.2 Å². The summed E-state index contributed by atoms with van der Waals surface area (Å²) in [4.78, 5) is 136. The minimum atomic E-state index is -1.64. The lowest BCUT2D eigenvalue weighted by molar-refractivity contribution is -0.144. The van der Waals surface area contributed by atoms with E-state index in [0.29, 0.717) is 29.7 Å². The number of hydrogen-bond acceptors (Lipinski definition) is 11. The number of hydrogen-bond donors (Lipinski definition) is 9. The molecule has 3 aliphatic heterocycles. The minimum Gasteiger partial charge on any atom is -0.391 e. The minimum absolute atomic E-state index is 0.00754. The monoisotopic (exact) mass is 967 g/mol. The normalized spacial score (nSPS) is 26.7. The summed E-state index contributed by atoms with van der Waals surface area (Å²) >= 11 is 0. The van der Waals surface area contributed by atoms with Gasteiger partial charge in [-0.2, -0.15) is 0 Å². The van der Waals surface area contributed by atoms with E-state index in [1.807, 2.05) is 13.8 Å². The maximum absolute atomic E-state index is 14.5. The van der Waals surface area contributed by atoms with Gasteiger partial charge in [0.2, 0.25) is 53.2 Å². The zero-order chi connectivity index (χ0) is 50.5. The molecule has 21 heteroatoms. The third kappa shape index (κ3) is 14.0. The number of aromatic nitrogens is 2. The Hall–Kier alpha value is -7.16. The van der Waals surface area contributed by atoms with Crippen LogP contribution in [0.25, 0.3) is 0 Å². The third-order valence-corrected chi connectivity index (χ3v) is 12.7. The lowest BCUT2D eigenvalue weighted by atomic mass is 10.00. The number of benzene rings is 2. The molecule has 0 spiro atoms. The Labute approximate surface area is 406 Å². The van der Waals surface area contributed by atoms with Crippen molar-refractivity contribution in [3.05, 3.63) is 90.0 Å². The summed E-state index contributed by atoms with van der Waals surface area (Å²) in [6.07, 6.45) is 2.77. The first-order valence-electron chi connectivity index (χ1n) is 23.9. The van der Waals surface area contributed by atoms with Crippen molar-refractivity contribution < 1.29 is 48.3 Å². The average Bonchev–Trinajstić information content (AvgIpc) is 4.15. The van der Waals surface area contributed by atoms with Gasteiger partial charge in [0.1, 0.15) is 48.3 Å². The van der Waals surface area contributed by atoms with E-state index in [9.17, 15) is 48.3 Å². The van der Waals surface area contributed by atoms with Crippen LogP contribution in [0.4, 0.5) is 0 Å². The van der Waals surface area contributed by atoms with E-state index in [4.69, 9.17) is 0 Å². The van der Waals surface area contributed by atoms with Gasteiger partial charge in [-0.25, -0.2) is 4.98 Å². The van der Waals surface area contributed by atoms with Crippen LogP contribution in [0.15, 0.2) is 73.2 Å². The number of nitrogens with one attached hydrogen (secondary N) is 8. The number of imidazole rings is 1. The maximum Gasteiger partial charge on any atom is 0.245 e. The van der Waals surface area contributed by atoms with Crippen LogP contribution in [0.3, 0.4) is 0 Å². The second-order valence-corrected chi connectivity index (χ2v) is 18.6. The molecule has 0 saturated carbocycles. The van der Waals surface area contributed by atoms with Gasteiger partial charge in [-0.3, -0.25) is 43.2 Å². The Morgan fingerprint density at radius 2 is 1.10 bits per heavy atom. The van der Waals surface area contributed by atoms with E-state index in [-0.39, 0.29) is 57.5 Å². The van der Waals surface area contributed by atoms with Gasteiger partial charge in [0.05, 0.1) is 19.0 Å². The molecule has 0 bridgehead atoms. The van der Waals surface area contributed by atoms with Crippen LogP contribution in [-0.4, -0.2) is 152 Å². The molecule has 2 aromatic carbocycles. The number of carbonyl (C=O) groups excluding carboxylic acids is 9. The molecule has 6 rings (SSSR count). The standard InChI is InChI=1S/C49H65N11O10/c1-28(2)21-37-49(70)60-20-12-17-38(60)45(66)53-29(3)48(69)59-19-11-18-39(59)46(67)55-34(22-31-13-7-5-8-14-31)42(63)51-26-40(62)58-41(30(4)61)47(68)56-36(24-33-25-50-27-52-33)44(65)54-35(43(64)57-37)23-32-15-9-6-10-16-32/h5-10,13-16,25,27-30,34-39,41,61H,11-12,17-24,26H2,1-4H3,(H,50,52)(H,51,63)(H,53,66)(H,54,65)(H,55,67)(H,56,68)(H,57,64)(H,58,62). The Balaban J connectivity index is 1.34. The number of amides is 9. The van der Waals surface area contributed by atoms with Gasteiger partial charge in [-0.15, -0.1) is 0 Å². The second-order valence-electron chi connectivity index (χ2n) is 18.6. The molecule has 3 aliphatic rings. The van der Waals surface area contributed by atoms with Crippen LogP contribution < -0.4 is 37.2 Å². The summed E-state index contributed by atoms with van der Waals surface area (Å²) in [5.74, 6) is -6.54. The predicted octanol–water partition coefficient (Wildman–Crippen LogP) is -1.09. The summed E-state index contributed by atoms with van der Waals surface area (Å²) in [6.45, 7) is 6.20. The van der Waals surface area contributed by atoms with Crippen LogP contribution in [0.2, 0.25) is 0 Å². The summed E-state index contributed by atoms with van der Waals surface area (Å²) in [5, 5.41) is 29.5. The molecule has 376 valence electrons. The van der Waals surface area contributed by atoms with Crippen molar-refractivity contribution in [2.75, 3.05) is 19.6 Å². The number of aliphatic hydroxyl groups is 1. The zero-order valence-corrected chi connectivity index (χ0v) is 39.9. The quantitative estimate of drug-likeness (QED) is 0.124. The van der Waals surface area contributed by atoms with E-state index in [1.165, 1.54) is 36.2 Å². The predicted molar refractivity (Wildman–Crippen MR) is 253 cm³/mol. The number of H-pyrrole nitrogens is 1. The van der Waals surface area contributed by atoms with E-state index in [2.05, 4.69) is 47.2 Å². The molecule has 4 heterocycles. The fraction of sp³-hybridized carbons (Fsp3) is 0.510. The Kier molecular flexibility index (Phi) is 18.2. The van der Waals surface area contributed by atoms with Crippen molar-refractivity contribution in [3.8, 4) is 0 Å². The van der Waals surface area contributed by atoms with Crippen molar-refractivity contribution >= 4 is 53.2 Å². The lowest BCUT2D eigenvalue weighted by Crippen LogP contribution is -2.61. The molecular formula is C49H65N11O10. The summed E-state index contributed by atoms with van der Waals surface area (Å²) in [5.41, 5.74) is 1.76. The Morgan fingerprint density at radius 1 is 0.600 bits per heavy atom. The third-order valence-electron chi connectivity index (χ3n) is 12.7. The van der Waals surface area contributed by atoms with E-state index in [1.54, 1.807) is 60.7 Å². The molecule has 9 amide bonds. The Bertz CT molecular complexity index is 2330. The molecule has 21 nitrogen and oxygen atoms in total. The van der Waals surface area contributed by atoms with Crippen molar-refractivity contribution in [3.63, 3.8) is 0 Å². The fourth-order valence-corrected chi connectivity index (χ4v) is 9.06. The maximum atomic E-state index is 14.5. The highest BCUT2D eigenvalue weighted by Gasteiger charge is 2.42. The van der Waals surface area contributed by atoms with E-state index < -0.39 is 114 Å². The molecule has 0 radical (unpaired) electrons. The molecule has 3 aromatic rings. The zero-order valence-electron chi connectivity index (χ0n) is 39.9. The first-order chi connectivity index (χ1) is 33.5. The lowest BCUT2D eigenvalue weighted by Gasteiger charge is -2.32. The van der Waals surface area contributed by atoms with E-state index in [0.717, 1.165) is 0 Å². The van der Waals surface area contributed by atoms with Gasteiger partial charge in [0.25, 0.3) is 0 Å². The van der Waals surface area contributed by atoms with Gasteiger partial charge >= 0.3 is 0 Å². The molecule has 1 aromatic heterocycles. The van der Waals surface area contributed by atoms with Gasteiger partial charge in [-0.05, 0) is 63.0 Å². The first-order valence-corrected chi connectivity index (χ1v) is 23.9. The number of fused-ring (bicyclic) bond motifs is 2. The fourth-order valence-electron chi connectivity index (χ4n) is 9.06. The average molecular weight is 968 g/mol. The van der Waals surface area contributed by atoms with E-state index >= 15 is 0 Å². The molecule has 70 heavy (non-hydrogen) atoms. The topological polar surface area (TPSA) is 293 Å². The highest BCUT2D eigenvalue weighted by atomic mass is 16.3. The summed E-state index contributed by atoms with van der Waals surface area (Å²) < 4.78 is 0. The van der Waals surface area contributed by atoms with Crippen molar-refractivity contribution in [2.45, 2.75) is 134 Å². The van der Waals surface area contributed by atoms with Gasteiger partial charge in [-0.1, -0.05) is 74.5 Å². The van der Waals surface area contributed by atoms with Crippen molar-refractivity contribution in [1.82, 2.24) is 57.0 Å². The number of aromatic amines is 1. The molecule has 9 N–H and O–H groups in total. The molecule has 9 atom stereocenters. The number of carbonyl (C=O) groups is 9. The highest BCUT2D eigenvalue weighted by Crippen LogP contribution is 2.23. The number of rotatable bonds is 9. The summed E-state index contributed by atoms with van der Waals surface area (Å²) in [6, 6.07) is 7.84.